The zero-order valence-corrected chi connectivity index (χ0v) is 21.2. The minimum absolute atomic E-state index is 0.202. The van der Waals surface area contributed by atoms with E-state index in [1.54, 1.807) is 4.90 Å². The molecular weight excluding hydrogens is 470 g/mol. The van der Waals surface area contributed by atoms with E-state index >= 15 is 0 Å². The van der Waals surface area contributed by atoms with Gasteiger partial charge in [0.05, 0.1) is 12.6 Å². The van der Waals surface area contributed by atoms with Gasteiger partial charge >= 0.3 is 0 Å². The van der Waals surface area contributed by atoms with E-state index in [-0.39, 0.29) is 5.84 Å². The summed E-state index contributed by atoms with van der Waals surface area (Å²) >= 11 is 0. The van der Waals surface area contributed by atoms with Crippen LogP contribution in [0.3, 0.4) is 0 Å². The zero-order valence-electron chi connectivity index (χ0n) is 21.2. The van der Waals surface area contributed by atoms with Crippen LogP contribution in [0.4, 0.5) is 0 Å². The number of amidine groups is 2. The molecule has 5 aromatic rings. The molecule has 0 fully saturated rings. The van der Waals surface area contributed by atoms with Crippen molar-refractivity contribution in [2.45, 2.75) is 31.8 Å². The summed E-state index contributed by atoms with van der Waals surface area (Å²) in [6.45, 7) is 0.374. The minimum atomic E-state index is -0.584. The molecular formula is C32H31N5O. The molecule has 1 atom stereocenters. The molecule has 4 N–H and O–H groups in total. The van der Waals surface area contributed by atoms with Crippen LogP contribution >= 0.6 is 0 Å². The Balaban J connectivity index is 1.45. The van der Waals surface area contributed by atoms with Crippen LogP contribution in [0.5, 0.6) is 0 Å². The summed E-state index contributed by atoms with van der Waals surface area (Å²) in [4.78, 5) is 16.7. The summed E-state index contributed by atoms with van der Waals surface area (Å²) in [7, 11) is 0. The second-order valence-electron chi connectivity index (χ2n) is 9.44. The standard InChI is InChI=1S/C32H31N5O/c33-31(18-17-23-9-2-1-3-10-23)37(21-25-13-8-12-24-11-4-5-14-27(24)25)32(34)30(36-22-38)19-26-20-35-29-16-7-6-15-28(26)29/h1-16,20,22,30,33-35H,17-19,21H2,(H,36,38)/t30-/m1/s1. The van der Waals surface area contributed by atoms with E-state index < -0.39 is 6.04 Å². The summed E-state index contributed by atoms with van der Waals surface area (Å²) in [5.41, 5.74) is 4.22. The van der Waals surface area contributed by atoms with Gasteiger partial charge < -0.3 is 15.2 Å². The molecule has 6 nitrogen and oxygen atoms in total. The molecule has 5 rings (SSSR count). The lowest BCUT2D eigenvalue weighted by Gasteiger charge is -2.31. The number of hydrogen-bond acceptors (Lipinski definition) is 3. The van der Waals surface area contributed by atoms with Crippen molar-refractivity contribution in [2.75, 3.05) is 0 Å². The summed E-state index contributed by atoms with van der Waals surface area (Å²) in [5, 5.41) is 24.4. The molecule has 1 amide bonds. The first-order chi connectivity index (χ1) is 18.6. The SMILES string of the molecule is N=C(CCc1ccccc1)N(Cc1cccc2ccccc12)C(=N)[C@@H](Cc1c[nH]c2ccccc12)NC=O. The molecule has 0 aliphatic carbocycles. The lowest BCUT2D eigenvalue weighted by Crippen LogP contribution is -2.48. The Morgan fingerprint density at radius 1 is 0.842 bits per heavy atom. The molecule has 1 aromatic heterocycles. The number of carbonyl (C=O) groups is 1. The van der Waals surface area contributed by atoms with Crippen LogP contribution in [0.25, 0.3) is 21.7 Å². The van der Waals surface area contributed by atoms with Crippen molar-refractivity contribution >= 4 is 39.8 Å². The number of hydrogen-bond donors (Lipinski definition) is 4. The molecule has 0 saturated carbocycles. The smallest absolute Gasteiger partial charge is 0.207 e. The highest BCUT2D eigenvalue weighted by atomic mass is 16.1. The van der Waals surface area contributed by atoms with Gasteiger partial charge in [-0.2, -0.15) is 0 Å². The lowest BCUT2D eigenvalue weighted by atomic mass is 10.0. The number of aromatic amines is 1. The van der Waals surface area contributed by atoms with Crippen molar-refractivity contribution in [3.63, 3.8) is 0 Å². The number of nitrogens with zero attached hydrogens (tertiary/aromatic N) is 1. The third-order valence-electron chi connectivity index (χ3n) is 7.02. The van der Waals surface area contributed by atoms with E-state index in [4.69, 9.17) is 5.41 Å². The molecule has 1 heterocycles. The van der Waals surface area contributed by atoms with Crippen LogP contribution in [0.15, 0.2) is 103 Å². The number of para-hydroxylation sites is 1. The molecule has 190 valence electrons. The second kappa shape index (κ2) is 11.6. The van der Waals surface area contributed by atoms with E-state index in [9.17, 15) is 10.2 Å². The van der Waals surface area contributed by atoms with E-state index in [0.29, 0.717) is 38.1 Å². The Bertz CT molecular complexity index is 1570. The Morgan fingerprint density at radius 2 is 1.55 bits per heavy atom. The maximum absolute atomic E-state index is 11.7. The first-order valence-electron chi connectivity index (χ1n) is 12.8. The van der Waals surface area contributed by atoms with Crippen LogP contribution in [0.2, 0.25) is 0 Å². The molecule has 0 bridgehead atoms. The number of aryl methyl sites for hydroxylation is 1. The van der Waals surface area contributed by atoms with E-state index in [1.807, 2.05) is 66.9 Å². The number of H-pyrrole nitrogens is 1. The maximum Gasteiger partial charge on any atom is 0.207 e. The topological polar surface area (TPSA) is 95.8 Å². The fourth-order valence-corrected chi connectivity index (χ4v) is 4.99. The monoisotopic (exact) mass is 501 g/mol. The van der Waals surface area contributed by atoms with Gasteiger partial charge in [-0.25, -0.2) is 0 Å². The van der Waals surface area contributed by atoms with E-state index in [0.717, 1.165) is 38.4 Å². The number of nitrogens with one attached hydrogen (secondary N) is 4. The second-order valence-corrected chi connectivity index (χ2v) is 9.44. The molecule has 0 aliphatic heterocycles. The summed E-state index contributed by atoms with van der Waals surface area (Å²) in [5.74, 6) is 0.553. The highest BCUT2D eigenvalue weighted by Crippen LogP contribution is 2.23. The fourth-order valence-electron chi connectivity index (χ4n) is 4.99. The number of amides is 1. The van der Waals surface area contributed by atoms with Crippen molar-refractivity contribution in [2.24, 2.45) is 0 Å². The first kappa shape index (κ1) is 25.0. The number of rotatable bonds is 10. The van der Waals surface area contributed by atoms with Crippen LogP contribution in [-0.2, 0) is 24.2 Å². The number of carbonyl (C=O) groups excluding carboxylic acids is 1. The van der Waals surface area contributed by atoms with Gasteiger partial charge in [0.1, 0.15) is 11.7 Å². The zero-order chi connectivity index (χ0) is 26.3. The fraction of sp³-hybridized carbons (Fsp3) is 0.156. The number of aromatic nitrogens is 1. The lowest BCUT2D eigenvalue weighted by molar-refractivity contribution is -0.109. The quantitative estimate of drug-likeness (QED) is 0.106. The van der Waals surface area contributed by atoms with Crippen LogP contribution in [0, 0.1) is 10.8 Å². The molecule has 4 aromatic carbocycles. The highest BCUT2D eigenvalue weighted by Gasteiger charge is 2.25. The van der Waals surface area contributed by atoms with Gasteiger partial charge in [0.2, 0.25) is 6.41 Å². The van der Waals surface area contributed by atoms with Gasteiger partial charge in [0.15, 0.2) is 0 Å². The van der Waals surface area contributed by atoms with Crippen molar-refractivity contribution in [3.05, 3.63) is 120 Å². The Hall–Kier alpha value is -4.71. The molecule has 0 radical (unpaired) electrons. The summed E-state index contributed by atoms with van der Waals surface area (Å²) < 4.78 is 0. The first-order valence-corrected chi connectivity index (χ1v) is 12.8. The van der Waals surface area contributed by atoms with Gasteiger partial charge in [0, 0.05) is 29.9 Å². The summed E-state index contributed by atoms with van der Waals surface area (Å²) in [6, 6.07) is 31.8. The molecule has 0 saturated heterocycles. The molecule has 38 heavy (non-hydrogen) atoms. The number of fused-ring (bicyclic) bond motifs is 2. The van der Waals surface area contributed by atoms with Gasteiger partial charge in [0.25, 0.3) is 0 Å². The predicted molar refractivity (Wildman–Crippen MR) is 155 cm³/mol. The largest absolute Gasteiger partial charge is 0.361 e. The third kappa shape index (κ3) is 5.49. The molecule has 0 unspecified atom stereocenters. The van der Waals surface area contributed by atoms with Crippen LogP contribution < -0.4 is 5.32 Å². The van der Waals surface area contributed by atoms with Gasteiger partial charge in [-0.1, -0.05) is 91.0 Å². The average Bonchev–Trinajstić information content (AvgIpc) is 3.37. The highest BCUT2D eigenvalue weighted by molar-refractivity contribution is 6.02. The van der Waals surface area contributed by atoms with E-state index in [1.165, 1.54) is 0 Å². The van der Waals surface area contributed by atoms with Crippen molar-refractivity contribution in [1.29, 1.82) is 10.8 Å². The van der Waals surface area contributed by atoms with Gasteiger partial charge in [-0.05, 0) is 39.9 Å². The van der Waals surface area contributed by atoms with Crippen molar-refractivity contribution in [3.8, 4) is 0 Å². The maximum atomic E-state index is 11.7. The number of benzene rings is 4. The average molecular weight is 502 g/mol. The summed E-state index contributed by atoms with van der Waals surface area (Å²) in [6.07, 6.45) is 4.22. The van der Waals surface area contributed by atoms with Crippen LogP contribution in [-0.4, -0.2) is 34.0 Å². The Morgan fingerprint density at radius 3 is 2.37 bits per heavy atom. The molecule has 6 heteroatoms. The van der Waals surface area contributed by atoms with E-state index in [2.05, 4.69) is 46.7 Å². The van der Waals surface area contributed by atoms with Crippen molar-refractivity contribution < 1.29 is 4.79 Å². The minimum Gasteiger partial charge on any atom is -0.361 e. The Labute approximate surface area is 222 Å². The van der Waals surface area contributed by atoms with Gasteiger partial charge in [-0.3, -0.25) is 15.6 Å². The normalized spacial score (nSPS) is 11.8. The third-order valence-corrected chi connectivity index (χ3v) is 7.02. The van der Waals surface area contributed by atoms with Gasteiger partial charge in [-0.15, -0.1) is 0 Å². The predicted octanol–water partition coefficient (Wildman–Crippen LogP) is 6.07. The molecule has 0 aliphatic rings. The Kier molecular flexibility index (Phi) is 7.59. The van der Waals surface area contributed by atoms with Crippen LogP contribution in [0.1, 0.15) is 23.1 Å². The van der Waals surface area contributed by atoms with Crippen molar-refractivity contribution in [1.82, 2.24) is 15.2 Å². The molecule has 0 spiro atoms.